The third kappa shape index (κ3) is 4.24. The average molecular weight is 413 g/mol. The molecule has 0 saturated heterocycles. The standard InChI is InChI=1S/C18H15N5O5S/c1-11-9-17(21(20-11)12-3-5-13(6-4-12)22(25)26)19-18(24)15-10-14(29-2)7-8-16(15)23(27)28/h3-10H,1-2H3,(H,19,24). The monoisotopic (exact) mass is 413 g/mol. The molecule has 0 aliphatic carbocycles. The van der Waals surface area contributed by atoms with E-state index in [0.717, 1.165) is 0 Å². The van der Waals surface area contributed by atoms with Gasteiger partial charge in [-0.25, -0.2) is 4.68 Å². The van der Waals surface area contributed by atoms with E-state index in [-0.39, 0.29) is 22.8 Å². The number of hydrogen-bond acceptors (Lipinski definition) is 7. The van der Waals surface area contributed by atoms with E-state index in [2.05, 4.69) is 10.4 Å². The van der Waals surface area contributed by atoms with Crippen LogP contribution in [0.15, 0.2) is 53.4 Å². The Morgan fingerprint density at radius 3 is 2.34 bits per heavy atom. The molecular weight excluding hydrogens is 398 g/mol. The van der Waals surface area contributed by atoms with Crippen molar-refractivity contribution in [3.63, 3.8) is 0 Å². The number of carbonyl (C=O) groups excluding carboxylic acids is 1. The Labute approximate surface area is 168 Å². The lowest BCUT2D eigenvalue weighted by Crippen LogP contribution is -2.16. The molecule has 0 atom stereocenters. The van der Waals surface area contributed by atoms with E-state index in [1.54, 1.807) is 25.3 Å². The van der Waals surface area contributed by atoms with Gasteiger partial charge in [0, 0.05) is 29.2 Å². The molecule has 0 spiro atoms. The van der Waals surface area contributed by atoms with Gasteiger partial charge in [0.05, 0.1) is 21.2 Å². The minimum Gasteiger partial charge on any atom is -0.306 e. The number of nitrogens with one attached hydrogen (secondary N) is 1. The van der Waals surface area contributed by atoms with Crippen LogP contribution in [0.25, 0.3) is 5.69 Å². The van der Waals surface area contributed by atoms with Gasteiger partial charge in [0.25, 0.3) is 17.3 Å². The summed E-state index contributed by atoms with van der Waals surface area (Å²) in [7, 11) is 0. The molecule has 1 N–H and O–H groups in total. The first-order valence-electron chi connectivity index (χ1n) is 8.25. The van der Waals surface area contributed by atoms with E-state index in [4.69, 9.17) is 0 Å². The van der Waals surface area contributed by atoms with Crippen LogP contribution in [0.3, 0.4) is 0 Å². The second-order valence-electron chi connectivity index (χ2n) is 5.95. The molecule has 29 heavy (non-hydrogen) atoms. The highest BCUT2D eigenvalue weighted by atomic mass is 32.2. The second kappa shape index (κ2) is 8.10. The van der Waals surface area contributed by atoms with E-state index in [9.17, 15) is 25.0 Å². The van der Waals surface area contributed by atoms with Gasteiger partial charge < -0.3 is 5.32 Å². The Balaban J connectivity index is 1.97. The first-order chi connectivity index (χ1) is 13.8. The fourth-order valence-corrected chi connectivity index (χ4v) is 3.11. The van der Waals surface area contributed by atoms with Crippen molar-refractivity contribution in [1.82, 2.24) is 9.78 Å². The highest BCUT2D eigenvalue weighted by Crippen LogP contribution is 2.26. The largest absolute Gasteiger partial charge is 0.306 e. The number of aryl methyl sites for hydroxylation is 1. The lowest BCUT2D eigenvalue weighted by molar-refractivity contribution is -0.385. The minimum absolute atomic E-state index is 0.0732. The van der Waals surface area contributed by atoms with E-state index in [1.165, 1.54) is 52.8 Å². The Hall–Kier alpha value is -3.73. The fourth-order valence-electron chi connectivity index (χ4n) is 2.67. The zero-order chi connectivity index (χ0) is 21.1. The summed E-state index contributed by atoms with van der Waals surface area (Å²) in [5.41, 5.74) is 0.625. The van der Waals surface area contributed by atoms with Crippen molar-refractivity contribution in [3.05, 3.63) is 80.0 Å². The van der Waals surface area contributed by atoms with Gasteiger partial charge in [0.15, 0.2) is 0 Å². The molecule has 0 unspecified atom stereocenters. The van der Waals surface area contributed by atoms with Crippen molar-refractivity contribution in [3.8, 4) is 5.69 Å². The fraction of sp³-hybridized carbons (Fsp3) is 0.111. The Morgan fingerprint density at radius 1 is 1.07 bits per heavy atom. The summed E-state index contributed by atoms with van der Waals surface area (Å²) in [4.78, 5) is 34.5. The van der Waals surface area contributed by atoms with Crippen LogP contribution in [0.4, 0.5) is 17.2 Å². The number of rotatable bonds is 6. The van der Waals surface area contributed by atoms with Crippen molar-refractivity contribution < 1.29 is 14.6 Å². The van der Waals surface area contributed by atoms with Gasteiger partial charge in [-0.3, -0.25) is 25.0 Å². The van der Waals surface area contributed by atoms with E-state index in [1.807, 2.05) is 0 Å². The zero-order valence-corrected chi connectivity index (χ0v) is 16.2. The van der Waals surface area contributed by atoms with Crippen LogP contribution in [0.5, 0.6) is 0 Å². The van der Waals surface area contributed by atoms with Gasteiger partial charge in [0.2, 0.25) is 0 Å². The van der Waals surface area contributed by atoms with Gasteiger partial charge in [-0.1, -0.05) is 0 Å². The molecular formula is C18H15N5O5S. The lowest BCUT2D eigenvalue weighted by Gasteiger charge is -2.10. The average Bonchev–Trinajstić information content (AvgIpc) is 3.07. The summed E-state index contributed by atoms with van der Waals surface area (Å²) >= 11 is 1.36. The number of aromatic nitrogens is 2. The summed E-state index contributed by atoms with van der Waals surface area (Å²) in [6, 6.07) is 11.6. The molecule has 0 radical (unpaired) electrons. The molecule has 0 bridgehead atoms. The maximum atomic E-state index is 12.8. The van der Waals surface area contributed by atoms with Crippen molar-refractivity contribution in [2.75, 3.05) is 11.6 Å². The van der Waals surface area contributed by atoms with Crippen LogP contribution in [-0.2, 0) is 0 Å². The Kier molecular flexibility index (Phi) is 5.59. The molecule has 0 aliphatic heterocycles. The number of nitro groups is 2. The molecule has 10 nitrogen and oxygen atoms in total. The summed E-state index contributed by atoms with van der Waals surface area (Å²) in [5.74, 6) is -0.374. The lowest BCUT2D eigenvalue weighted by atomic mass is 10.1. The Bertz CT molecular complexity index is 1110. The summed E-state index contributed by atoms with van der Waals surface area (Å²) in [5, 5.41) is 29.1. The molecule has 0 fully saturated rings. The smallest absolute Gasteiger partial charge is 0.282 e. The summed E-state index contributed by atoms with van der Waals surface area (Å²) < 4.78 is 1.40. The van der Waals surface area contributed by atoms with E-state index < -0.39 is 15.8 Å². The first-order valence-corrected chi connectivity index (χ1v) is 9.48. The van der Waals surface area contributed by atoms with Gasteiger partial charge in [-0.05, 0) is 37.4 Å². The number of amides is 1. The molecule has 1 amide bonds. The number of thioether (sulfide) groups is 1. The van der Waals surface area contributed by atoms with Crippen molar-refractivity contribution in [2.45, 2.75) is 11.8 Å². The number of nitro benzene ring substituents is 2. The quantitative estimate of drug-likeness (QED) is 0.367. The molecule has 0 aliphatic rings. The maximum Gasteiger partial charge on any atom is 0.282 e. The third-order valence-electron chi connectivity index (χ3n) is 4.02. The van der Waals surface area contributed by atoms with Crippen LogP contribution >= 0.6 is 11.8 Å². The second-order valence-corrected chi connectivity index (χ2v) is 6.83. The molecule has 0 saturated carbocycles. The van der Waals surface area contributed by atoms with E-state index >= 15 is 0 Å². The molecule has 3 aromatic rings. The highest BCUT2D eigenvalue weighted by Gasteiger charge is 2.22. The van der Waals surface area contributed by atoms with Gasteiger partial charge in [-0.2, -0.15) is 5.10 Å². The molecule has 3 rings (SSSR count). The maximum absolute atomic E-state index is 12.8. The highest BCUT2D eigenvalue weighted by molar-refractivity contribution is 7.98. The van der Waals surface area contributed by atoms with Crippen molar-refractivity contribution >= 4 is 34.9 Å². The number of non-ortho nitro benzene ring substituents is 1. The topological polar surface area (TPSA) is 133 Å². The van der Waals surface area contributed by atoms with Crippen LogP contribution in [0, 0.1) is 27.2 Å². The molecule has 11 heteroatoms. The molecule has 148 valence electrons. The van der Waals surface area contributed by atoms with Gasteiger partial charge in [-0.15, -0.1) is 11.8 Å². The molecule has 2 aromatic carbocycles. The van der Waals surface area contributed by atoms with Gasteiger partial charge in [0.1, 0.15) is 11.4 Å². The minimum atomic E-state index is -0.657. The number of benzene rings is 2. The Morgan fingerprint density at radius 2 is 1.76 bits per heavy atom. The third-order valence-corrected chi connectivity index (χ3v) is 4.75. The predicted octanol–water partition coefficient (Wildman–Crippen LogP) is 3.97. The van der Waals surface area contributed by atoms with Gasteiger partial charge >= 0.3 is 0 Å². The number of carbonyl (C=O) groups is 1. The number of nitrogens with zero attached hydrogens (tertiary/aromatic N) is 4. The molecule has 1 heterocycles. The molecule has 1 aromatic heterocycles. The summed E-state index contributed by atoms with van der Waals surface area (Å²) in [6.07, 6.45) is 1.80. The SMILES string of the molecule is CSc1ccc([N+](=O)[O-])c(C(=O)Nc2cc(C)nn2-c2ccc([N+](=O)[O-])cc2)c1. The first kappa shape index (κ1) is 20.0. The van der Waals surface area contributed by atoms with Crippen LogP contribution < -0.4 is 5.32 Å². The van der Waals surface area contributed by atoms with E-state index in [0.29, 0.717) is 16.3 Å². The van der Waals surface area contributed by atoms with Crippen LogP contribution in [-0.4, -0.2) is 31.8 Å². The zero-order valence-electron chi connectivity index (χ0n) is 15.4. The summed E-state index contributed by atoms with van der Waals surface area (Å²) in [6.45, 7) is 1.72. The normalized spacial score (nSPS) is 10.6. The van der Waals surface area contributed by atoms with Crippen molar-refractivity contribution in [2.24, 2.45) is 0 Å². The number of hydrogen-bond donors (Lipinski definition) is 1. The van der Waals surface area contributed by atoms with Crippen LogP contribution in [0.2, 0.25) is 0 Å². The van der Waals surface area contributed by atoms with Crippen molar-refractivity contribution in [1.29, 1.82) is 0 Å². The van der Waals surface area contributed by atoms with Crippen LogP contribution in [0.1, 0.15) is 16.1 Å². The predicted molar refractivity (Wildman–Crippen MR) is 108 cm³/mol. The number of anilines is 1.